The number of hydrogen-bond acceptors (Lipinski definition) is 3. The summed E-state index contributed by atoms with van der Waals surface area (Å²) in [5.74, 6) is 0.832. The number of fused-ring (bicyclic) bond motifs is 1. The minimum Gasteiger partial charge on any atom is -0.508 e. The number of aromatic amines is 1. The number of anilines is 1. The molecule has 4 nitrogen and oxygen atoms in total. The predicted octanol–water partition coefficient (Wildman–Crippen LogP) is 3.03. The van der Waals surface area contributed by atoms with E-state index in [1.807, 2.05) is 30.5 Å². The maximum Gasteiger partial charge on any atom is 0.123 e. The molecule has 0 unspecified atom stereocenters. The molecule has 0 saturated carbocycles. The van der Waals surface area contributed by atoms with Crippen LogP contribution >= 0.6 is 0 Å². The minimum absolute atomic E-state index is 0.195. The highest BCUT2D eigenvalue weighted by Gasteiger charge is 2.06. The van der Waals surface area contributed by atoms with Crippen molar-refractivity contribution in [2.45, 2.75) is 6.61 Å². The summed E-state index contributed by atoms with van der Waals surface area (Å²) in [4.78, 5) is 3.15. The Bertz CT molecular complexity index is 719. The first kappa shape index (κ1) is 11.5. The van der Waals surface area contributed by atoms with E-state index in [0.29, 0.717) is 12.4 Å². The van der Waals surface area contributed by atoms with Gasteiger partial charge < -0.3 is 20.6 Å². The first-order chi connectivity index (χ1) is 9.24. The third-order valence-electron chi connectivity index (χ3n) is 3.05. The van der Waals surface area contributed by atoms with Gasteiger partial charge in [-0.2, -0.15) is 0 Å². The molecular weight excluding hydrogens is 240 g/mol. The van der Waals surface area contributed by atoms with Crippen LogP contribution in [0.1, 0.15) is 5.56 Å². The van der Waals surface area contributed by atoms with Crippen LogP contribution in [0.2, 0.25) is 0 Å². The van der Waals surface area contributed by atoms with Crippen LogP contribution in [0.15, 0.2) is 48.7 Å². The fraction of sp³-hybridized carbons (Fsp3) is 0.0667. The Labute approximate surface area is 110 Å². The monoisotopic (exact) mass is 254 g/mol. The second kappa shape index (κ2) is 4.57. The number of hydrogen-bond donors (Lipinski definition) is 3. The molecule has 0 fully saturated rings. The van der Waals surface area contributed by atoms with E-state index in [1.165, 1.54) is 0 Å². The normalized spacial score (nSPS) is 10.7. The highest BCUT2D eigenvalue weighted by molar-refractivity contribution is 5.92. The lowest BCUT2D eigenvalue weighted by molar-refractivity contribution is 0.306. The minimum atomic E-state index is 0.195. The van der Waals surface area contributed by atoms with E-state index >= 15 is 0 Å². The van der Waals surface area contributed by atoms with Gasteiger partial charge in [0.1, 0.15) is 18.1 Å². The molecule has 0 saturated heterocycles. The first-order valence-electron chi connectivity index (χ1n) is 6.00. The van der Waals surface area contributed by atoms with Gasteiger partial charge in [-0.15, -0.1) is 0 Å². The molecule has 19 heavy (non-hydrogen) atoms. The molecule has 2 aromatic carbocycles. The van der Waals surface area contributed by atoms with Crippen LogP contribution in [0.5, 0.6) is 11.5 Å². The van der Waals surface area contributed by atoms with E-state index < -0.39 is 0 Å². The van der Waals surface area contributed by atoms with Crippen LogP contribution in [-0.4, -0.2) is 10.1 Å². The molecule has 3 aromatic rings. The maximum atomic E-state index is 9.38. The molecule has 0 aliphatic carbocycles. The highest BCUT2D eigenvalue weighted by Crippen LogP contribution is 2.25. The average Bonchev–Trinajstić information content (AvgIpc) is 2.81. The number of ether oxygens (including phenoxy) is 1. The summed E-state index contributed by atoms with van der Waals surface area (Å²) in [5.41, 5.74) is 8.58. The number of nitrogens with one attached hydrogen (secondary N) is 1. The van der Waals surface area contributed by atoms with Gasteiger partial charge in [-0.3, -0.25) is 0 Å². The van der Waals surface area contributed by atoms with Crippen molar-refractivity contribution in [1.82, 2.24) is 4.98 Å². The van der Waals surface area contributed by atoms with Crippen LogP contribution in [0, 0.1) is 0 Å². The molecule has 1 heterocycles. The summed E-state index contributed by atoms with van der Waals surface area (Å²) in [6, 6.07) is 12.5. The Kier molecular flexibility index (Phi) is 2.76. The van der Waals surface area contributed by atoms with Gasteiger partial charge in [0.05, 0.1) is 11.2 Å². The number of aromatic nitrogens is 1. The number of benzene rings is 2. The lowest BCUT2D eigenvalue weighted by atomic mass is 10.1. The SMILES string of the molecule is Nc1cccc2c(COc3cccc(O)c3)c[nH]c12. The van der Waals surface area contributed by atoms with Gasteiger partial charge >= 0.3 is 0 Å². The van der Waals surface area contributed by atoms with Crippen molar-refractivity contribution in [3.8, 4) is 11.5 Å². The van der Waals surface area contributed by atoms with Crippen LogP contribution in [0.4, 0.5) is 5.69 Å². The number of nitrogens with two attached hydrogens (primary N) is 1. The highest BCUT2D eigenvalue weighted by atomic mass is 16.5. The first-order valence-corrected chi connectivity index (χ1v) is 6.00. The van der Waals surface area contributed by atoms with Crippen molar-refractivity contribution >= 4 is 16.6 Å². The standard InChI is InChI=1S/C15H14N2O2/c16-14-6-2-5-13-10(8-17-15(13)14)9-19-12-4-1-3-11(18)7-12/h1-8,17-18H,9,16H2. The van der Waals surface area contributed by atoms with Gasteiger partial charge in [-0.25, -0.2) is 0 Å². The second-order valence-electron chi connectivity index (χ2n) is 4.37. The van der Waals surface area contributed by atoms with Crippen molar-refractivity contribution in [1.29, 1.82) is 0 Å². The zero-order valence-electron chi connectivity index (χ0n) is 10.3. The molecule has 96 valence electrons. The summed E-state index contributed by atoms with van der Waals surface area (Å²) >= 11 is 0. The lowest BCUT2D eigenvalue weighted by Gasteiger charge is -2.05. The lowest BCUT2D eigenvalue weighted by Crippen LogP contribution is -1.94. The summed E-state index contributed by atoms with van der Waals surface area (Å²) in [6.07, 6.45) is 1.89. The molecule has 1 aromatic heterocycles. The van der Waals surface area contributed by atoms with Crippen LogP contribution in [0.3, 0.4) is 0 Å². The topological polar surface area (TPSA) is 71.3 Å². The molecule has 0 spiro atoms. The van der Waals surface area contributed by atoms with Crippen LogP contribution in [0.25, 0.3) is 10.9 Å². The summed E-state index contributed by atoms with van der Waals surface area (Å²) < 4.78 is 5.66. The maximum absolute atomic E-state index is 9.38. The third-order valence-corrected chi connectivity index (χ3v) is 3.05. The molecule has 0 atom stereocenters. The Morgan fingerprint density at radius 2 is 2.00 bits per heavy atom. The van der Waals surface area contributed by atoms with E-state index in [9.17, 15) is 5.11 Å². The molecule has 4 heteroatoms. The number of phenolic OH excluding ortho intramolecular Hbond substituents is 1. The number of phenols is 1. The quantitative estimate of drug-likeness (QED) is 0.629. The van der Waals surface area contributed by atoms with E-state index in [2.05, 4.69) is 4.98 Å². The predicted molar refractivity (Wildman–Crippen MR) is 75.1 cm³/mol. The van der Waals surface area contributed by atoms with E-state index in [1.54, 1.807) is 18.2 Å². The fourth-order valence-corrected chi connectivity index (χ4v) is 2.09. The van der Waals surface area contributed by atoms with Crippen molar-refractivity contribution in [3.05, 3.63) is 54.2 Å². The van der Waals surface area contributed by atoms with Gasteiger partial charge in [0.25, 0.3) is 0 Å². The van der Waals surface area contributed by atoms with Crippen molar-refractivity contribution < 1.29 is 9.84 Å². The molecule has 4 N–H and O–H groups in total. The Morgan fingerprint density at radius 1 is 1.16 bits per heavy atom. The largest absolute Gasteiger partial charge is 0.508 e. The zero-order chi connectivity index (χ0) is 13.2. The molecule has 0 bridgehead atoms. The van der Waals surface area contributed by atoms with Crippen molar-refractivity contribution in [2.24, 2.45) is 0 Å². The van der Waals surface area contributed by atoms with E-state index in [4.69, 9.17) is 10.5 Å². The van der Waals surface area contributed by atoms with Gasteiger partial charge in [-0.05, 0) is 18.2 Å². The molecule has 0 aliphatic heterocycles. The van der Waals surface area contributed by atoms with Crippen molar-refractivity contribution in [2.75, 3.05) is 5.73 Å². The summed E-state index contributed by atoms with van der Waals surface area (Å²) in [7, 11) is 0. The molecular formula is C15H14N2O2. The van der Waals surface area contributed by atoms with Gasteiger partial charge in [0.15, 0.2) is 0 Å². The average molecular weight is 254 g/mol. The second-order valence-corrected chi connectivity index (χ2v) is 4.37. The Morgan fingerprint density at radius 3 is 2.84 bits per heavy atom. The summed E-state index contributed by atoms with van der Waals surface area (Å²) in [6.45, 7) is 0.424. The van der Waals surface area contributed by atoms with E-state index in [-0.39, 0.29) is 5.75 Å². The Hall–Kier alpha value is -2.62. The third kappa shape index (κ3) is 2.20. The fourth-order valence-electron chi connectivity index (χ4n) is 2.09. The van der Waals surface area contributed by atoms with E-state index in [0.717, 1.165) is 22.2 Å². The van der Waals surface area contributed by atoms with Gasteiger partial charge in [0.2, 0.25) is 0 Å². The smallest absolute Gasteiger partial charge is 0.123 e. The van der Waals surface area contributed by atoms with Crippen molar-refractivity contribution in [3.63, 3.8) is 0 Å². The van der Waals surface area contributed by atoms with Gasteiger partial charge in [-0.1, -0.05) is 18.2 Å². The number of para-hydroxylation sites is 1. The zero-order valence-corrected chi connectivity index (χ0v) is 10.3. The molecule has 0 aliphatic rings. The Balaban J connectivity index is 1.84. The number of aromatic hydroxyl groups is 1. The number of nitrogen functional groups attached to an aromatic ring is 1. The van der Waals surface area contributed by atoms with Crippen LogP contribution in [-0.2, 0) is 6.61 Å². The van der Waals surface area contributed by atoms with Crippen LogP contribution < -0.4 is 10.5 Å². The number of rotatable bonds is 3. The summed E-state index contributed by atoms with van der Waals surface area (Å²) in [5, 5.41) is 10.4. The molecule has 0 radical (unpaired) electrons. The number of H-pyrrole nitrogens is 1. The molecule has 3 rings (SSSR count). The van der Waals surface area contributed by atoms with Gasteiger partial charge in [0, 0.05) is 23.2 Å². The molecule has 0 amide bonds.